The van der Waals surface area contributed by atoms with Crippen molar-refractivity contribution < 1.29 is 13.9 Å². The van der Waals surface area contributed by atoms with Gasteiger partial charge >= 0.3 is 0 Å². The lowest BCUT2D eigenvalue weighted by Crippen LogP contribution is -2.09. The number of primary amides is 1. The minimum atomic E-state index is -0.601. The van der Waals surface area contributed by atoms with E-state index in [9.17, 15) is 4.79 Å². The first-order chi connectivity index (χ1) is 6.77. The summed E-state index contributed by atoms with van der Waals surface area (Å²) in [5, 5.41) is 0. The molecule has 0 radical (unpaired) electrons. The highest BCUT2D eigenvalue weighted by Crippen LogP contribution is 2.20. The monoisotopic (exact) mass is 194 g/mol. The van der Waals surface area contributed by atoms with Gasteiger partial charge in [0.2, 0.25) is 11.7 Å². The Kier molecular flexibility index (Phi) is 2.32. The van der Waals surface area contributed by atoms with Crippen LogP contribution in [0.5, 0.6) is 0 Å². The van der Waals surface area contributed by atoms with Crippen molar-refractivity contribution in [1.82, 2.24) is 4.98 Å². The number of nitrogens with zero attached hydrogens (tertiary/aromatic N) is 1. The van der Waals surface area contributed by atoms with E-state index in [-0.39, 0.29) is 5.76 Å². The summed E-state index contributed by atoms with van der Waals surface area (Å²) in [5.41, 5.74) is 6.00. The Hall–Kier alpha value is -1.62. The highest BCUT2D eigenvalue weighted by Gasteiger charge is 2.14. The van der Waals surface area contributed by atoms with Gasteiger partial charge in [0.05, 0.1) is 19.4 Å². The average molecular weight is 194 g/mol. The Morgan fingerprint density at radius 3 is 3.00 bits per heavy atom. The number of nitrogens with two attached hydrogens (primary N) is 1. The largest absolute Gasteiger partial charge is 0.431 e. The second-order valence-corrected chi connectivity index (χ2v) is 2.95. The zero-order valence-electron chi connectivity index (χ0n) is 7.53. The minimum Gasteiger partial charge on any atom is -0.431 e. The molecule has 0 saturated carbocycles. The molecule has 0 aromatic carbocycles. The molecular weight excluding hydrogens is 184 g/mol. The van der Waals surface area contributed by atoms with Crippen LogP contribution in [0, 0.1) is 0 Å². The lowest BCUT2D eigenvalue weighted by atomic mass is 10.1. The van der Waals surface area contributed by atoms with Crippen LogP contribution >= 0.6 is 0 Å². The van der Waals surface area contributed by atoms with E-state index in [1.54, 1.807) is 0 Å². The summed E-state index contributed by atoms with van der Waals surface area (Å²) in [4.78, 5) is 14.7. The second kappa shape index (κ2) is 3.63. The number of hydrogen-bond donors (Lipinski definition) is 1. The second-order valence-electron chi connectivity index (χ2n) is 2.95. The molecule has 5 heteroatoms. The third kappa shape index (κ3) is 1.67. The summed E-state index contributed by atoms with van der Waals surface area (Å²) >= 11 is 0. The molecule has 2 rings (SSSR count). The van der Waals surface area contributed by atoms with Gasteiger partial charge in [-0.15, -0.1) is 0 Å². The molecular formula is C9H10N2O3. The van der Waals surface area contributed by atoms with Crippen molar-refractivity contribution in [1.29, 1.82) is 0 Å². The molecule has 74 valence electrons. The first kappa shape index (κ1) is 8.96. The summed E-state index contributed by atoms with van der Waals surface area (Å²) in [6.07, 6.45) is 3.98. The molecule has 1 aliphatic rings. The van der Waals surface area contributed by atoms with Gasteiger partial charge in [-0.05, 0) is 0 Å². The number of ether oxygens (including phenoxy) is 1. The van der Waals surface area contributed by atoms with E-state index in [1.807, 2.05) is 6.08 Å². The van der Waals surface area contributed by atoms with Gasteiger partial charge in [-0.2, -0.15) is 0 Å². The number of carbonyl (C=O) groups excluding carboxylic acids is 1. The van der Waals surface area contributed by atoms with Gasteiger partial charge in [-0.1, -0.05) is 6.08 Å². The topological polar surface area (TPSA) is 78.4 Å². The van der Waals surface area contributed by atoms with Crippen LogP contribution in [0.4, 0.5) is 0 Å². The molecule has 0 aliphatic carbocycles. The Morgan fingerprint density at radius 2 is 2.43 bits per heavy atom. The van der Waals surface area contributed by atoms with Crippen LogP contribution < -0.4 is 5.73 Å². The maximum absolute atomic E-state index is 10.7. The van der Waals surface area contributed by atoms with Crippen molar-refractivity contribution in [3.8, 4) is 0 Å². The molecule has 1 aliphatic heterocycles. The van der Waals surface area contributed by atoms with Gasteiger partial charge < -0.3 is 14.9 Å². The molecule has 2 heterocycles. The Morgan fingerprint density at radius 1 is 1.57 bits per heavy atom. The third-order valence-corrected chi connectivity index (χ3v) is 1.99. The Bertz CT molecular complexity index is 381. The zero-order chi connectivity index (χ0) is 9.97. The van der Waals surface area contributed by atoms with Crippen molar-refractivity contribution in [2.24, 2.45) is 5.73 Å². The van der Waals surface area contributed by atoms with E-state index >= 15 is 0 Å². The summed E-state index contributed by atoms with van der Waals surface area (Å²) in [6, 6.07) is 0. The van der Waals surface area contributed by atoms with Crippen LogP contribution in [0.3, 0.4) is 0 Å². The smallest absolute Gasteiger partial charge is 0.286 e. The molecule has 14 heavy (non-hydrogen) atoms. The third-order valence-electron chi connectivity index (χ3n) is 1.99. The van der Waals surface area contributed by atoms with Crippen molar-refractivity contribution in [3.63, 3.8) is 0 Å². The summed E-state index contributed by atoms with van der Waals surface area (Å²) in [5.74, 6) is -0.0501. The van der Waals surface area contributed by atoms with Gasteiger partial charge in [-0.3, -0.25) is 4.79 Å². The van der Waals surface area contributed by atoms with E-state index in [2.05, 4.69) is 4.98 Å². The molecule has 0 spiro atoms. The predicted molar refractivity (Wildman–Crippen MR) is 48.4 cm³/mol. The van der Waals surface area contributed by atoms with Gasteiger partial charge in [0.15, 0.2) is 0 Å². The Labute approximate surface area is 80.6 Å². The van der Waals surface area contributed by atoms with Crippen LogP contribution in [0.1, 0.15) is 22.9 Å². The maximum Gasteiger partial charge on any atom is 0.286 e. The summed E-state index contributed by atoms with van der Waals surface area (Å²) in [7, 11) is 0. The van der Waals surface area contributed by atoms with Crippen molar-refractivity contribution >= 4 is 11.5 Å². The molecule has 2 N–H and O–H groups in total. The first-order valence-electron chi connectivity index (χ1n) is 4.30. The fourth-order valence-electron chi connectivity index (χ4n) is 1.26. The normalized spacial score (nSPS) is 16.4. The molecule has 0 fully saturated rings. The predicted octanol–water partition coefficient (Wildman–Crippen LogP) is 0.577. The van der Waals surface area contributed by atoms with Gasteiger partial charge in [0.1, 0.15) is 0 Å². The van der Waals surface area contributed by atoms with Crippen molar-refractivity contribution in [2.75, 3.05) is 13.2 Å². The van der Waals surface area contributed by atoms with E-state index in [0.717, 1.165) is 12.0 Å². The quantitative estimate of drug-likeness (QED) is 0.746. The minimum absolute atomic E-state index is 0.0902. The van der Waals surface area contributed by atoms with Gasteiger partial charge in [-0.25, -0.2) is 4.98 Å². The number of aromatic nitrogens is 1. The fourth-order valence-corrected chi connectivity index (χ4v) is 1.26. The molecule has 1 aromatic heterocycles. The van der Waals surface area contributed by atoms with Crippen LogP contribution in [0.25, 0.3) is 5.57 Å². The van der Waals surface area contributed by atoms with Crippen LogP contribution in [-0.4, -0.2) is 24.1 Å². The molecule has 1 amide bonds. The maximum atomic E-state index is 10.7. The highest BCUT2D eigenvalue weighted by atomic mass is 16.5. The number of carbonyl (C=O) groups is 1. The number of rotatable bonds is 2. The number of amides is 1. The van der Waals surface area contributed by atoms with E-state index in [4.69, 9.17) is 14.9 Å². The molecule has 0 unspecified atom stereocenters. The van der Waals surface area contributed by atoms with E-state index in [0.29, 0.717) is 19.1 Å². The SMILES string of the molecule is NC(=O)c1cnc(C2=CCOCC2)o1. The standard InChI is InChI=1S/C9H10N2O3/c10-8(12)7-5-11-9(14-7)6-1-3-13-4-2-6/h1,5H,2-4H2,(H2,10,12). The summed E-state index contributed by atoms with van der Waals surface area (Å²) < 4.78 is 10.3. The van der Waals surface area contributed by atoms with Gasteiger partial charge in [0.25, 0.3) is 5.91 Å². The lowest BCUT2D eigenvalue weighted by molar-refractivity contribution is 0.0973. The lowest BCUT2D eigenvalue weighted by Gasteiger charge is -2.09. The van der Waals surface area contributed by atoms with E-state index in [1.165, 1.54) is 6.20 Å². The van der Waals surface area contributed by atoms with Crippen LogP contribution in [-0.2, 0) is 4.74 Å². The van der Waals surface area contributed by atoms with Crippen molar-refractivity contribution in [2.45, 2.75) is 6.42 Å². The first-order valence-corrected chi connectivity index (χ1v) is 4.30. The Balaban J connectivity index is 2.23. The molecule has 1 aromatic rings. The van der Waals surface area contributed by atoms with Crippen LogP contribution in [0.15, 0.2) is 16.7 Å². The molecule has 0 saturated heterocycles. The molecule has 0 bridgehead atoms. The molecule has 0 atom stereocenters. The zero-order valence-corrected chi connectivity index (χ0v) is 7.53. The van der Waals surface area contributed by atoms with E-state index < -0.39 is 5.91 Å². The molecule has 5 nitrogen and oxygen atoms in total. The average Bonchev–Trinajstić information content (AvgIpc) is 2.68. The highest BCUT2D eigenvalue weighted by molar-refractivity contribution is 5.89. The number of oxazole rings is 1. The van der Waals surface area contributed by atoms with Crippen molar-refractivity contribution in [3.05, 3.63) is 23.9 Å². The number of hydrogen-bond acceptors (Lipinski definition) is 4. The summed E-state index contributed by atoms with van der Waals surface area (Å²) in [6.45, 7) is 1.21. The van der Waals surface area contributed by atoms with Crippen LogP contribution in [0.2, 0.25) is 0 Å². The van der Waals surface area contributed by atoms with Gasteiger partial charge in [0, 0.05) is 12.0 Å². The fraction of sp³-hybridized carbons (Fsp3) is 0.333.